The summed E-state index contributed by atoms with van der Waals surface area (Å²) in [6.45, 7) is 2.94. The molecule has 1 aromatic carbocycles. The third-order valence-electron chi connectivity index (χ3n) is 3.36. The largest absolute Gasteiger partial charge is 0.469 e. The maximum atomic E-state index is 11.7. The smallest absolute Gasteiger partial charge is 0.307 e. The topological polar surface area (TPSA) is 51.2 Å². The molecule has 0 aliphatic heterocycles. The van der Waals surface area contributed by atoms with Crippen LogP contribution in [0.15, 0.2) is 34.9 Å². The Morgan fingerprint density at radius 2 is 2.24 bits per heavy atom. The predicted octanol–water partition coefficient (Wildman–Crippen LogP) is 3.60. The molecule has 0 saturated heterocycles. The van der Waals surface area contributed by atoms with Crippen molar-refractivity contribution >= 4 is 32.8 Å². The molecular weight excluding hydrogens is 332 g/mol. The molecule has 4 nitrogen and oxygen atoms in total. The number of carbonyl (C=O) groups excluding carboxylic acids is 1. The van der Waals surface area contributed by atoms with E-state index in [1.165, 1.54) is 7.11 Å². The Balaban J connectivity index is 2.43. The van der Waals surface area contributed by atoms with Crippen molar-refractivity contribution < 1.29 is 9.53 Å². The van der Waals surface area contributed by atoms with E-state index in [0.29, 0.717) is 6.42 Å². The van der Waals surface area contributed by atoms with Gasteiger partial charge in [0.2, 0.25) is 0 Å². The second-order valence-corrected chi connectivity index (χ2v) is 5.68. The molecule has 2 rings (SSSR count). The average molecular weight is 351 g/mol. The quantitative estimate of drug-likeness (QED) is 0.808. The minimum atomic E-state index is -0.226. The van der Waals surface area contributed by atoms with E-state index in [1.807, 2.05) is 24.3 Å². The van der Waals surface area contributed by atoms with Crippen LogP contribution >= 0.6 is 15.9 Å². The van der Waals surface area contributed by atoms with Crippen molar-refractivity contribution in [1.29, 1.82) is 0 Å². The van der Waals surface area contributed by atoms with Crippen molar-refractivity contribution in [3.05, 3.63) is 40.5 Å². The number of nitrogens with zero attached hydrogens (tertiary/aromatic N) is 1. The van der Waals surface area contributed by atoms with Gasteiger partial charge in [-0.25, -0.2) is 0 Å². The summed E-state index contributed by atoms with van der Waals surface area (Å²) in [5.41, 5.74) is 1.93. The van der Waals surface area contributed by atoms with Crippen LogP contribution in [0.2, 0.25) is 0 Å². The fourth-order valence-corrected chi connectivity index (χ4v) is 2.75. The van der Waals surface area contributed by atoms with E-state index in [1.54, 1.807) is 6.20 Å². The molecule has 2 aromatic rings. The van der Waals surface area contributed by atoms with Gasteiger partial charge >= 0.3 is 5.97 Å². The fourth-order valence-electron chi connectivity index (χ4n) is 2.30. The average Bonchev–Trinajstić information content (AvgIpc) is 2.52. The normalized spacial score (nSPS) is 12.3. The number of rotatable bonds is 6. The molecule has 1 aromatic heterocycles. The summed E-state index contributed by atoms with van der Waals surface area (Å²) in [6, 6.07) is 7.84. The zero-order valence-electron chi connectivity index (χ0n) is 12.2. The number of hydrogen-bond donors (Lipinski definition) is 1. The van der Waals surface area contributed by atoms with Crippen molar-refractivity contribution in [2.24, 2.45) is 0 Å². The monoisotopic (exact) mass is 350 g/mol. The van der Waals surface area contributed by atoms with E-state index >= 15 is 0 Å². The van der Waals surface area contributed by atoms with E-state index in [4.69, 9.17) is 4.74 Å². The minimum Gasteiger partial charge on any atom is -0.469 e. The molecular formula is C16H19BrN2O2. The van der Waals surface area contributed by atoms with Crippen molar-refractivity contribution in [1.82, 2.24) is 10.3 Å². The first kappa shape index (κ1) is 15.9. The van der Waals surface area contributed by atoms with E-state index in [2.05, 4.69) is 33.2 Å². The Bertz CT molecular complexity index is 631. The lowest BCUT2D eigenvalue weighted by Gasteiger charge is -2.19. The Labute approximate surface area is 133 Å². The van der Waals surface area contributed by atoms with Gasteiger partial charge in [0.25, 0.3) is 0 Å². The molecule has 112 valence electrons. The summed E-state index contributed by atoms with van der Waals surface area (Å²) in [5.74, 6) is -0.226. The van der Waals surface area contributed by atoms with Gasteiger partial charge in [-0.15, -0.1) is 0 Å². The van der Waals surface area contributed by atoms with Crippen LogP contribution in [0.4, 0.5) is 0 Å². The van der Waals surface area contributed by atoms with Gasteiger partial charge in [-0.1, -0.05) is 35.0 Å². The highest BCUT2D eigenvalue weighted by Crippen LogP contribution is 2.30. The first-order chi connectivity index (χ1) is 10.2. The summed E-state index contributed by atoms with van der Waals surface area (Å²) < 4.78 is 5.81. The number of aromatic nitrogens is 1. The Morgan fingerprint density at radius 3 is 2.95 bits per heavy atom. The van der Waals surface area contributed by atoms with Gasteiger partial charge in [-0.3, -0.25) is 9.78 Å². The zero-order chi connectivity index (χ0) is 15.2. The lowest BCUT2D eigenvalue weighted by atomic mass is 10.00. The van der Waals surface area contributed by atoms with E-state index in [-0.39, 0.29) is 12.0 Å². The highest BCUT2D eigenvalue weighted by Gasteiger charge is 2.19. The maximum absolute atomic E-state index is 11.7. The van der Waals surface area contributed by atoms with Crippen LogP contribution < -0.4 is 5.32 Å². The minimum absolute atomic E-state index is 0.0945. The molecule has 0 amide bonds. The number of carbonyl (C=O) groups is 1. The second-order valence-electron chi connectivity index (χ2n) is 4.82. The number of fused-ring (bicyclic) bond motifs is 1. The first-order valence-electron chi connectivity index (χ1n) is 7.00. The van der Waals surface area contributed by atoms with Crippen LogP contribution in [-0.4, -0.2) is 24.6 Å². The van der Waals surface area contributed by atoms with Gasteiger partial charge in [-0.2, -0.15) is 0 Å². The van der Waals surface area contributed by atoms with Crippen LogP contribution in [0.25, 0.3) is 10.9 Å². The van der Waals surface area contributed by atoms with Gasteiger partial charge in [0.15, 0.2) is 0 Å². The molecule has 0 bridgehead atoms. The lowest BCUT2D eigenvalue weighted by Crippen LogP contribution is -2.25. The van der Waals surface area contributed by atoms with Gasteiger partial charge in [0.1, 0.15) is 0 Å². The van der Waals surface area contributed by atoms with Crippen molar-refractivity contribution in [2.45, 2.75) is 25.8 Å². The number of methoxy groups -OCH3 is 1. The molecule has 21 heavy (non-hydrogen) atoms. The molecule has 0 aliphatic rings. The first-order valence-corrected chi connectivity index (χ1v) is 7.80. The number of nitrogens with one attached hydrogen (secondary N) is 1. The lowest BCUT2D eigenvalue weighted by molar-refractivity contribution is -0.141. The summed E-state index contributed by atoms with van der Waals surface area (Å²) in [7, 11) is 1.41. The van der Waals surface area contributed by atoms with Crippen LogP contribution in [0.5, 0.6) is 0 Å². The molecule has 0 fully saturated rings. The third-order valence-corrected chi connectivity index (χ3v) is 4.05. The zero-order valence-corrected chi connectivity index (χ0v) is 13.8. The summed E-state index contributed by atoms with van der Waals surface area (Å²) in [6.07, 6.45) is 3.07. The number of halogens is 1. The molecule has 0 saturated carbocycles. The number of benzene rings is 1. The highest BCUT2D eigenvalue weighted by atomic mass is 79.9. The summed E-state index contributed by atoms with van der Waals surface area (Å²) in [5, 5.41) is 4.45. The Morgan fingerprint density at radius 1 is 1.43 bits per heavy atom. The van der Waals surface area contributed by atoms with Crippen LogP contribution in [0, 0.1) is 0 Å². The van der Waals surface area contributed by atoms with Gasteiger partial charge in [0, 0.05) is 22.1 Å². The van der Waals surface area contributed by atoms with Crippen LogP contribution in [0.1, 0.15) is 31.4 Å². The molecule has 1 N–H and O–H groups in total. The number of ether oxygens (including phenoxy) is 1. The molecule has 0 spiro atoms. The van der Waals surface area contributed by atoms with Crippen LogP contribution in [0.3, 0.4) is 0 Å². The number of hydrogen-bond acceptors (Lipinski definition) is 4. The Kier molecular flexibility index (Phi) is 5.70. The summed E-state index contributed by atoms with van der Waals surface area (Å²) >= 11 is 3.55. The van der Waals surface area contributed by atoms with Crippen LogP contribution in [-0.2, 0) is 9.53 Å². The van der Waals surface area contributed by atoms with Gasteiger partial charge < -0.3 is 10.1 Å². The molecule has 1 heterocycles. The fraction of sp³-hybridized carbons (Fsp3) is 0.375. The van der Waals surface area contributed by atoms with Crippen molar-refractivity contribution in [2.75, 3.05) is 13.7 Å². The highest BCUT2D eigenvalue weighted by molar-refractivity contribution is 9.10. The Hall–Kier alpha value is -1.46. The standard InChI is InChI=1S/C16H19BrN2O2/c1-3-8-18-14(10-15(20)21-2)12-6-7-13(17)11-5-4-9-19-16(11)12/h4-7,9,14,18H,3,8,10H2,1-2H3. The second kappa shape index (κ2) is 7.52. The van der Waals surface area contributed by atoms with E-state index < -0.39 is 0 Å². The molecule has 0 radical (unpaired) electrons. The molecule has 1 unspecified atom stereocenters. The van der Waals surface area contributed by atoms with Gasteiger partial charge in [-0.05, 0) is 30.7 Å². The predicted molar refractivity (Wildman–Crippen MR) is 87.1 cm³/mol. The SMILES string of the molecule is CCCNC(CC(=O)OC)c1ccc(Br)c2cccnc12. The molecule has 5 heteroatoms. The van der Waals surface area contributed by atoms with E-state index in [0.717, 1.165) is 33.9 Å². The summed E-state index contributed by atoms with van der Waals surface area (Å²) in [4.78, 5) is 16.2. The van der Waals surface area contributed by atoms with E-state index in [9.17, 15) is 4.79 Å². The van der Waals surface area contributed by atoms with Gasteiger partial charge in [0.05, 0.1) is 19.0 Å². The molecule has 1 atom stereocenters. The maximum Gasteiger partial charge on any atom is 0.307 e. The number of esters is 1. The molecule has 0 aliphatic carbocycles. The van der Waals surface area contributed by atoms with Crippen molar-refractivity contribution in [3.63, 3.8) is 0 Å². The van der Waals surface area contributed by atoms with Crippen molar-refractivity contribution in [3.8, 4) is 0 Å². The number of pyridine rings is 1. The third kappa shape index (κ3) is 3.80.